The van der Waals surface area contributed by atoms with Crippen molar-refractivity contribution in [3.63, 3.8) is 0 Å². The second-order valence-corrected chi connectivity index (χ2v) is 10.3. The van der Waals surface area contributed by atoms with Gasteiger partial charge >= 0.3 is 5.97 Å². The predicted molar refractivity (Wildman–Crippen MR) is 120 cm³/mol. The number of guanidine groups is 1. The van der Waals surface area contributed by atoms with E-state index in [4.69, 9.17) is 10.5 Å². The highest BCUT2D eigenvalue weighted by Crippen LogP contribution is 2.43. The van der Waals surface area contributed by atoms with Gasteiger partial charge in [0.2, 0.25) is 12.4 Å². The summed E-state index contributed by atoms with van der Waals surface area (Å²) in [6.45, 7) is 9.34. The van der Waals surface area contributed by atoms with E-state index >= 15 is 0 Å². The van der Waals surface area contributed by atoms with Crippen LogP contribution in [0.4, 0.5) is 0 Å². The van der Waals surface area contributed by atoms with E-state index < -0.39 is 27.6 Å². The fourth-order valence-electron chi connectivity index (χ4n) is 3.93. The Morgan fingerprint density at radius 3 is 2.50 bits per heavy atom. The van der Waals surface area contributed by atoms with Crippen molar-refractivity contribution < 1.29 is 27.9 Å². The molecule has 0 radical (unpaired) electrons. The lowest BCUT2D eigenvalue weighted by molar-refractivity contribution is -0.145. The molecule has 1 amide bonds. The van der Waals surface area contributed by atoms with Crippen LogP contribution >= 0.6 is 0 Å². The van der Waals surface area contributed by atoms with Gasteiger partial charge in [-0.15, -0.1) is 0 Å². The molecule has 178 valence electrons. The number of benzene rings is 1. The Kier molecular flexibility index (Phi) is 7.44. The largest absolute Gasteiger partial charge is 0.487 e. The van der Waals surface area contributed by atoms with Crippen LogP contribution in [0.2, 0.25) is 0 Å². The van der Waals surface area contributed by atoms with Gasteiger partial charge in [-0.3, -0.25) is 9.79 Å². The molecular weight excluding hydrogens is 436 g/mol. The highest BCUT2D eigenvalue weighted by molar-refractivity contribution is 7.90. The number of carbonyl (C=O) groups excluding carboxylic acids is 1. The number of hydrogen-bond donors (Lipinski definition) is 3. The van der Waals surface area contributed by atoms with E-state index in [0.717, 1.165) is 21.8 Å². The van der Waals surface area contributed by atoms with Crippen molar-refractivity contribution in [2.24, 2.45) is 10.7 Å². The first-order chi connectivity index (χ1) is 14.7. The summed E-state index contributed by atoms with van der Waals surface area (Å²) in [6.07, 6.45) is 1.51. The maximum absolute atomic E-state index is 13.1. The van der Waals surface area contributed by atoms with Gasteiger partial charge in [0.25, 0.3) is 10.0 Å². The molecule has 0 aliphatic carbocycles. The van der Waals surface area contributed by atoms with Gasteiger partial charge in [0, 0.05) is 25.6 Å². The molecule has 1 unspecified atom stereocenters. The lowest BCUT2D eigenvalue weighted by Gasteiger charge is -2.20. The SMILES string of the molecule is Cc1c(C)c(S(=O)(=O)NC(N)=NCCCC(C(=O)O)N(C)C=O)c(C)c2c1OC(C)(C)C2. The van der Waals surface area contributed by atoms with E-state index in [0.29, 0.717) is 30.4 Å². The molecule has 0 bridgehead atoms. The number of amides is 1. The third kappa shape index (κ3) is 5.32. The first-order valence-electron chi connectivity index (χ1n) is 10.3. The molecule has 32 heavy (non-hydrogen) atoms. The van der Waals surface area contributed by atoms with E-state index in [1.165, 1.54) is 7.05 Å². The van der Waals surface area contributed by atoms with Crippen LogP contribution in [0.1, 0.15) is 48.9 Å². The van der Waals surface area contributed by atoms with Crippen LogP contribution in [-0.2, 0) is 26.0 Å². The molecule has 0 saturated heterocycles. The molecule has 10 nitrogen and oxygen atoms in total. The summed E-state index contributed by atoms with van der Waals surface area (Å²) in [5, 5.41) is 9.17. The minimum Gasteiger partial charge on any atom is -0.487 e. The van der Waals surface area contributed by atoms with Gasteiger partial charge in [-0.25, -0.2) is 17.9 Å². The Bertz CT molecular complexity index is 1050. The Hall–Kier alpha value is -2.82. The van der Waals surface area contributed by atoms with Crippen LogP contribution in [0.5, 0.6) is 5.75 Å². The number of nitrogens with two attached hydrogens (primary N) is 1. The average molecular weight is 469 g/mol. The van der Waals surface area contributed by atoms with Crippen molar-refractivity contribution in [1.82, 2.24) is 9.62 Å². The maximum Gasteiger partial charge on any atom is 0.326 e. The zero-order valence-corrected chi connectivity index (χ0v) is 20.2. The standard InChI is InChI=1S/C21H32N4O6S/c1-12-13(2)18(14(3)15-10-21(4,5)31-17(12)15)32(29,30)24-20(22)23-9-7-8-16(19(27)28)25(6)11-26/h11,16H,7-10H2,1-6H3,(H,27,28)(H3,22,23,24). The molecule has 1 heterocycles. The highest BCUT2D eigenvalue weighted by atomic mass is 32.2. The van der Waals surface area contributed by atoms with Gasteiger partial charge in [0.1, 0.15) is 17.4 Å². The monoisotopic (exact) mass is 468 g/mol. The highest BCUT2D eigenvalue weighted by Gasteiger charge is 2.36. The summed E-state index contributed by atoms with van der Waals surface area (Å²) >= 11 is 0. The van der Waals surface area contributed by atoms with E-state index in [2.05, 4.69) is 9.71 Å². The number of aliphatic imine (C=N–C) groups is 1. The van der Waals surface area contributed by atoms with E-state index in [-0.39, 0.29) is 23.8 Å². The third-order valence-corrected chi connectivity index (χ3v) is 7.29. The molecule has 0 saturated carbocycles. The number of ether oxygens (including phenoxy) is 1. The van der Waals surface area contributed by atoms with Gasteiger partial charge in [-0.05, 0) is 64.2 Å². The molecule has 1 aliphatic rings. The van der Waals surface area contributed by atoms with Crippen molar-refractivity contribution in [3.05, 3.63) is 22.3 Å². The topological polar surface area (TPSA) is 151 Å². The smallest absolute Gasteiger partial charge is 0.326 e. The van der Waals surface area contributed by atoms with Gasteiger partial charge in [-0.2, -0.15) is 0 Å². The molecule has 1 atom stereocenters. The summed E-state index contributed by atoms with van der Waals surface area (Å²) < 4.78 is 34.6. The molecule has 1 aliphatic heterocycles. The first kappa shape index (κ1) is 25.4. The van der Waals surface area contributed by atoms with Gasteiger partial charge in [0.15, 0.2) is 0 Å². The molecule has 2 rings (SSSR count). The van der Waals surface area contributed by atoms with Crippen LogP contribution in [-0.4, -0.2) is 62.0 Å². The van der Waals surface area contributed by atoms with E-state index in [1.54, 1.807) is 13.8 Å². The molecule has 11 heteroatoms. The van der Waals surface area contributed by atoms with Gasteiger partial charge in [0.05, 0.1) is 4.90 Å². The van der Waals surface area contributed by atoms with E-state index in [1.807, 2.05) is 20.8 Å². The van der Waals surface area contributed by atoms with Crippen LogP contribution in [0.25, 0.3) is 0 Å². The summed E-state index contributed by atoms with van der Waals surface area (Å²) in [7, 11) is -2.61. The number of nitrogens with zero attached hydrogens (tertiary/aromatic N) is 2. The first-order valence-corrected chi connectivity index (χ1v) is 11.7. The lowest BCUT2D eigenvalue weighted by atomic mass is 9.94. The van der Waals surface area contributed by atoms with Crippen molar-refractivity contribution >= 4 is 28.4 Å². The van der Waals surface area contributed by atoms with Crippen molar-refractivity contribution in [2.45, 2.75) is 70.4 Å². The normalized spacial score (nSPS) is 16.1. The Morgan fingerprint density at radius 2 is 1.94 bits per heavy atom. The lowest BCUT2D eigenvalue weighted by Crippen LogP contribution is -2.38. The number of hydrogen-bond acceptors (Lipinski definition) is 6. The number of carboxylic acid groups (broad SMARTS) is 1. The number of fused-ring (bicyclic) bond motifs is 1. The minimum absolute atomic E-state index is 0.105. The summed E-state index contributed by atoms with van der Waals surface area (Å²) in [5.74, 6) is -0.671. The zero-order valence-electron chi connectivity index (χ0n) is 19.4. The van der Waals surface area contributed by atoms with Gasteiger partial charge < -0.3 is 20.5 Å². The molecule has 0 spiro atoms. The summed E-state index contributed by atoms with van der Waals surface area (Å²) in [4.78, 5) is 27.2. The van der Waals surface area contributed by atoms with Crippen molar-refractivity contribution in [3.8, 4) is 5.75 Å². The van der Waals surface area contributed by atoms with Crippen LogP contribution in [0, 0.1) is 20.8 Å². The Morgan fingerprint density at radius 1 is 1.31 bits per heavy atom. The van der Waals surface area contributed by atoms with Crippen LogP contribution in [0.15, 0.2) is 9.89 Å². The van der Waals surface area contributed by atoms with Crippen molar-refractivity contribution in [2.75, 3.05) is 13.6 Å². The number of likely N-dealkylation sites (N-methyl/N-ethyl adjacent to an activating group) is 1. The molecule has 4 N–H and O–H groups in total. The Balaban J connectivity index is 2.18. The minimum atomic E-state index is -4.00. The predicted octanol–water partition coefficient (Wildman–Crippen LogP) is 1.24. The van der Waals surface area contributed by atoms with E-state index in [9.17, 15) is 23.1 Å². The summed E-state index contributed by atoms with van der Waals surface area (Å²) in [6, 6.07) is -0.980. The third-order valence-electron chi connectivity index (χ3n) is 5.66. The fourth-order valence-corrected chi connectivity index (χ4v) is 5.45. The number of carbonyl (C=O) groups is 2. The molecule has 0 aromatic heterocycles. The second kappa shape index (κ2) is 9.35. The average Bonchev–Trinajstić information content (AvgIpc) is 3.00. The summed E-state index contributed by atoms with van der Waals surface area (Å²) in [5.41, 5.74) is 8.24. The fraction of sp³-hybridized carbons (Fsp3) is 0.571. The molecule has 1 aromatic rings. The quantitative estimate of drug-likeness (QED) is 0.213. The number of carboxylic acids is 1. The van der Waals surface area contributed by atoms with Crippen LogP contribution < -0.4 is 15.2 Å². The number of sulfonamides is 1. The van der Waals surface area contributed by atoms with Crippen molar-refractivity contribution in [1.29, 1.82) is 0 Å². The number of aliphatic carboxylic acids is 1. The molecule has 0 fully saturated rings. The molecule has 1 aromatic carbocycles. The number of nitrogens with one attached hydrogen (secondary N) is 1. The van der Waals surface area contributed by atoms with Crippen LogP contribution in [0.3, 0.4) is 0 Å². The second-order valence-electron chi connectivity index (χ2n) is 8.69. The zero-order chi connectivity index (χ0) is 24.4. The molecular formula is C21H32N4O6S. The van der Waals surface area contributed by atoms with Gasteiger partial charge in [-0.1, -0.05) is 0 Å². The Labute approximate surface area is 188 Å². The maximum atomic E-state index is 13.1. The number of rotatable bonds is 9.